The molecule has 0 bridgehead atoms. The van der Waals surface area contributed by atoms with Gasteiger partial charge >= 0.3 is 0 Å². The van der Waals surface area contributed by atoms with Crippen molar-refractivity contribution in [1.29, 1.82) is 0 Å². The van der Waals surface area contributed by atoms with Crippen LogP contribution in [-0.2, 0) is 13.5 Å². The van der Waals surface area contributed by atoms with Gasteiger partial charge in [-0.3, -0.25) is 4.68 Å². The molecule has 6 heteroatoms. The van der Waals surface area contributed by atoms with Gasteiger partial charge in [-0.1, -0.05) is 12.1 Å². The predicted molar refractivity (Wildman–Crippen MR) is 86.8 cm³/mol. The van der Waals surface area contributed by atoms with Crippen molar-refractivity contribution in [2.45, 2.75) is 25.3 Å². The number of nitrogens with zero attached hydrogens (tertiary/aromatic N) is 5. The normalized spacial score (nSPS) is 18.0. The molecule has 1 atom stereocenters. The SMILES string of the molecule is Cn1ncc2c(N3CCC[C@H]3Cc3cccc(F)c3)ncnc21. The quantitative estimate of drug-likeness (QED) is 0.746. The van der Waals surface area contributed by atoms with Crippen LogP contribution in [0.25, 0.3) is 11.0 Å². The summed E-state index contributed by atoms with van der Waals surface area (Å²) in [6.07, 6.45) is 6.44. The highest BCUT2D eigenvalue weighted by molar-refractivity contribution is 5.86. The molecular weight excluding hydrogens is 293 g/mol. The summed E-state index contributed by atoms with van der Waals surface area (Å²) in [4.78, 5) is 11.1. The zero-order chi connectivity index (χ0) is 15.8. The van der Waals surface area contributed by atoms with Gasteiger partial charge in [-0.25, -0.2) is 14.4 Å². The molecule has 3 aromatic rings. The third kappa shape index (κ3) is 2.54. The molecular formula is C17H18FN5. The van der Waals surface area contributed by atoms with Crippen LogP contribution in [0.5, 0.6) is 0 Å². The Morgan fingerprint density at radius 2 is 2.22 bits per heavy atom. The van der Waals surface area contributed by atoms with Crippen LogP contribution in [0.4, 0.5) is 10.2 Å². The molecule has 0 radical (unpaired) electrons. The second-order valence-corrected chi connectivity index (χ2v) is 6.03. The number of aryl methyl sites for hydroxylation is 1. The molecule has 1 aromatic carbocycles. The van der Waals surface area contributed by atoms with Crippen molar-refractivity contribution in [3.05, 3.63) is 48.2 Å². The largest absolute Gasteiger partial charge is 0.353 e. The Hall–Kier alpha value is -2.50. The van der Waals surface area contributed by atoms with Gasteiger partial charge in [-0.05, 0) is 37.0 Å². The highest BCUT2D eigenvalue weighted by Crippen LogP contribution is 2.30. The molecule has 23 heavy (non-hydrogen) atoms. The van der Waals surface area contributed by atoms with Gasteiger partial charge in [0.25, 0.3) is 0 Å². The number of hydrogen-bond acceptors (Lipinski definition) is 4. The Bertz CT molecular complexity index is 844. The fourth-order valence-electron chi connectivity index (χ4n) is 3.44. The predicted octanol–water partition coefficient (Wildman–Crippen LogP) is 2.71. The van der Waals surface area contributed by atoms with Crippen molar-refractivity contribution < 1.29 is 4.39 Å². The summed E-state index contributed by atoms with van der Waals surface area (Å²) in [6, 6.07) is 7.19. The number of anilines is 1. The first-order valence-electron chi connectivity index (χ1n) is 7.86. The van der Waals surface area contributed by atoms with Gasteiger partial charge in [0.1, 0.15) is 18.0 Å². The van der Waals surface area contributed by atoms with Crippen LogP contribution in [0.2, 0.25) is 0 Å². The molecule has 4 rings (SSSR count). The Labute approximate surface area is 133 Å². The maximum Gasteiger partial charge on any atom is 0.163 e. The fraction of sp³-hybridized carbons (Fsp3) is 0.353. The topological polar surface area (TPSA) is 46.8 Å². The van der Waals surface area contributed by atoms with E-state index in [4.69, 9.17) is 0 Å². The van der Waals surface area contributed by atoms with E-state index in [1.54, 1.807) is 23.1 Å². The number of rotatable bonds is 3. The number of benzene rings is 1. The van der Waals surface area contributed by atoms with Crippen LogP contribution < -0.4 is 4.90 Å². The lowest BCUT2D eigenvalue weighted by Gasteiger charge is -2.26. The van der Waals surface area contributed by atoms with Gasteiger partial charge in [-0.15, -0.1) is 0 Å². The monoisotopic (exact) mass is 311 g/mol. The van der Waals surface area contributed by atoms with Gasteiger partial charge in [0, 0.05) is 19.6 Å². The highest BCUT2D eigenvalue weighted by Gasteiger charge is 2.28. The maximum absolute atomic E-state index is 13.4. The van der Waals surface area contributed by atoms with Crippen LogP contribution in [0, 0.1) is 5.82 Å². The van der Waals surface area contributed by atoms with E-state index in [1.807, 2.05) is 19.3 Å². The molecule has 5 nitrogen and oxygen atoms in total. The summed E-state index contributed by atoms with van der Waals surface area (Å²) in [7, 11) is 1.88. The van der Waals surface area contributed by atoms with E-state index in [9.17, 15) is 4.39 Å². The lowest BCUT2D eigenvalue weighted by Crippen LogP contribution is -2.32. The molecule has 1 aliphatic rings. The summed E-state index contributed by atoms with van der Waals surface area (Å²) < 4.78 is 15.2. The summed E-state index contributed by atoms with van der Waals surface area (Å²) in [5.41, 5.74) is 1.87. The van der Waals surface area contributed by atoms with Crippen molar-refractivity contribution in [1.82, 2.24) is 19.7 Å². The first-order chi connectivity index (χ1) is 11.2. The van der Waals surface area contributed by atoms with E-state index < -0.39 is 0 Å². The van der Waals surface area contributed by atoms with Gasteiger partial charge in [0.15, 0.2) is 5.65 Å². The van der Waals surface area contributed by atoms with Gasteiger partial charge in [-0.2, -0.15) is 5.10 Å². The Morgan fingerprint density at radius 1 is 1.30 bits per heavy atom. The molecule has 118 valence electrons. The number of hydrogen-bond donors (Lipinski definition) is 0. The Morgan fingerprint density at radius 3 is 3.09 bits per heavy atom. The third-order valence-electron chi connectivity index (χ3n) is 4.52. The molecule has 0 unspecified atom stereocenters. The average Bonchev–Trinajstić information content (AvgIpc) is 3.15. The van der Waals surface area contributed by atoms with Gasteiger partial charge < -0.3 is 4.90 Å². The minimum absolute atomic E-state index is 0.177. The lowest BCUT2D eigenvalue weighted by molar-refractivity contribution is 0.617. The number of halogens is 1. The second kappa shape index (κ2) is 5.61. The van der Waals surface area contributed by atoms with E-state index >= 15 is 0 Å². The molecule has 0 amide bonds. The van der Waals surface area contributed by atoms with Crippen molar-refractivity contribution in [3.8, 4) is 0 Å². The lowest BCUT2D eigenvalue weighted by atomic mass is 10.0. The van der Waals surface area contributed by atoms with Crippen molar-refractivity contribution in [2.75, 3.05) is 11.4 Å². The molecule has 0 saturated carbocycles. The first kappa shape index (κ1) is 14.1. The molecule has 2 aromatic heterocycles. The standard InChI is InChI=1S/C17H18FN5/c1-22-16-15(10-21-22)17(20-11-19-16)23-7-3-6-14(23)9-12-4-2-5-13(18)8-12/h2,4-5,8,10-11,14H,3,6-7,9H2,1H3/t14-/m0/s1. The van der Waals surface area contributed by atoms with Crippen LogP contribution in [0.1, 0.15) is 18.4 Å². The fourth-order valence-corrected chi connectivity index (χ4v) is 3.44. The zero-order valence-corrected chi connectivity index (χ0v) is 13.0. The maximum atomic E-state index is 13.4. The van der Waals surface area contributed by atoms with E-state index in [0.717, 1.165) is 48.2 Å². The Kier molecular flexibility index (Phi) is 3.44. The number of aromatic nitrogens is 4. The van der Waals surface area contributed by atoms with Crippen LogP contribution >= 0.6 is 0 Å². The van der Waals surface area contributed by atoms with Crippen molar-refractivity contribution in [3.63, 3.8) is 0 Å². The van der Waals surface area contributed by atoms with Crippen LogP contribution in [-0.4, -0.2) is 32.3 Å². The van der Waals surface area contributed by atoms with Gasteiger partial charge in [0.2, 0.25) is 0 Å². The highest BCUT2D eigenvalue weighted by atomic mass is 19.1. The Balaban J connectivity index is 1.67. The second-order valence-electron chi connectivity index (χ2n) is 6.03. The molecule has 3 heterocycles. The zero-order valence-electron chi connectivity index (χ0n) is 13.0. The van der Waals surface area contributed by atoms with Gasteiger partial charge in [0.05, 0.1) is 11.6 Å². The first-order valence-corrected chi connectivity index (χ1v) is 7.86. The van der Waals surface area contributed by atoms with E-state index in [-0.39, 0.29) is 5.82 Å². The van der Waals surface area contributed by atoms with E-state index in [1.165, 1.54) is 6.07 Å². The minimum atomic E-state index is -0.177. The van der Waals surface area contributed by atoms with Crippen molar-refractivity contribution >= 4 is 16.9 Å². The summed E-state index contributed by atoms with van der Waals surface area (Å²) in [5, 5.41) is 5.26. The molecule has 1 saturated heterocycles. The number of fused-ring (bicyclic) bond motifs is 1. The molecule has 1 aliphatic heterocycles. The summed E-state index contributed by atoms with van der Waals surface area (Å²) in [6.45, 7) is 0.959. The van der Waals surface area contributed by atoms with Crippen molar-refractivity contribution in [2.24, 2.45) is 7.05 Å². The van der Waals surface area contributed by atoms with E-state index in [0.29, 0.717) is 6.04 Å². The van der Waals surface area contributed by atoms with E-state index in [2.05, 4.69) is 20.0 Å². The molecule has 0 spiro atoms. The molecule has 1 fully saturated rings. The third-order valence-corrected chi connectivity index (χ3v) is 4.52. The summed E-state index contributed by atoms with van der Waals surface area (Å²) in [5.74, 6) is 0.755. The molecule has 0 aliphatic carbocycles. The smallest absolute Gasteiger partial charge is 0.163 e. The van der Waals surface area contributed by atoms with Crippen LogP contribution in [0.3, 0.4) is 0 Å². The van der Waals surface area contributed by atoms with Crippen LogP contribution in [0.15, 0.2) is 36.8 Å². The minimum Gasteiger partial charge on any atom is -0.353 e. The molecule has 0 N–H and O–H groups in total. The summed E-state index contributed by atoms with van der Waals surface area (Å²) >= 11 is 0. The average molecular weight is 311 g/mol.